The quantitative estimate of drug-likeness (QED) is 0.609. The molecule has 1 atom stereocenters. The van der Waals surface area contributed by atoms with Crippen molar-refractivity contribution in [3.63, 3.8) is 0 Å². The largest absolute Gasteiger partial charge is 0.556 e. The van der Waals surface area contributed by atoms with Gasteiger partial charge < -0.3 is 17.6 Å². The molecular formula is C15H24NOPSY. The number of hydrogen-bond acceptors (Lipinski definition) is 2. The van der Waals surface area contributed by atoms with Crippen LogP contribution in [0.25, 0.3) is 0 Å². The van der Waals surface area contributed by atoms with Crippen LogP contribution < -0.4 is 5.32 Å². The van der Waals surface area contributed by atoms with Crippen molar-refractivity contribution in [1.29, 1.82) is 0 Å². The van der Waals surface area contributed by atoms with Gasteiger partial charge in [0.2, 0.25) is 0 Å². The van der Waals surface area contributed by atoms with Crippen molar-refractivity contribution in [2.45, 2.75) is 39.3 Å². The first-order valence-electron chi connectivity index (χ1n) is 6.69. The monoisotopic (exact) mass is 386 g/mol. The summed E-state index contributed by atoms with van der Waals surface area (Å²) in [4.78, 5) is 12.5. The van der Waals surface area contributed by atoms with Gasteiger partial charge in [0.1, 0.15) is 5.66 Å². The van der Waals surface area contributed by atoms with Crippen LogP contribution in [0.4, 0.5) is 5.69 Å². The first-order valence-corrected chi connectivity index (χ1v) is 10.5. The number of nitrogens with one attached hydrogen (secondary N) is 1. The minimum absolute atomic E-state index is 0. The van der Waals surface area contributed by atoms with Gasteiger partial charge in [0.25, 0.3) is 5.91 Å². The second-order valence-corrected chi connectivity index (χ2v) is 11.8. The molecule has 1 aromatic rings. The third-order valence-electron chi connectivity index (χ3n) is 3.34. The molecule has 0 aliphatic carbocycles. The Morgan fingerprint density at radius 3 is 2.20 bits per heavy atom. The van der Waals surface area contributed by atoms with Crippen molar-refractivity contribution >= 4 is 30.3 Å². The summed E-state index contributed by atoms with van der Waals surface area (Å²) in [5, 5.41) is 3.09. The van der Waals surface area contributed by atoms with Crippen molar-refractivity contribution < 1.29 is 37.5 Å². The number of aryl methyl sites for hydroxylation is 2. The fourth-order valence-corrected chi connectivity index (χ4v) is 4.33. The number of benzene rings is 1. The van der Waals surface area contributed by atoms with E-state index in [1.807, 2.05) is 32.0 Å². The van der Waals surface area contributed by atoms with Gasteiger partial charge in [-0.05, 0) is 31.4 Å². The van der Waals surface area contributed by atoms with Crippen molar-refractivity contribution in [2.24, 2.45) is 0 Å². The van der Waals surface area contributed by atoms with Crippen LogP contribution in [-0.2, 0) is 49.8 Å². The molecule has 0 bridgehead atoms. The van der Waals surface area contributed by atoms with E-state index in [4.69, 9.17) is 12.2 Å². The summed E-state index contributed by atoms with van der Waals surface area (Å²) in [5.74, 6) is 0.0904. The van der Waals surface area contributed by atoms with Gasteiger partial charge in [-0.1, -0.05) is 31.5 Å². The van der Waals surface area contributed by atoms with E-state index in [1.54, 1.807) is 0 Å². The number of para-hydroxylation sites is 1. The molecule has 0 aliphatic heterocycles. The SMILES string of the molecule is CCCC(C(=O)Nc1c(C)cccc1C)[P+](C)(C)[S-].[Y]. The van der Waals surface area contributed by atoms with E-state index in [2.05, 4.69) is 25.6 Å². The molecule has 0 saturated carbocycles. The molecule has 1 amide bonds. The average Bonchev–Trinajstić information content (AvgIpc) is 2.29. The van der Waals surface area contributed by atoms with E-state index in [1.165, 1.54) is 0 Å². The smallest absolute Gasteiger partial charge is 0.263 e. The van der Waals surface area contributed by atoms with E-state index < -0.39 is 6.46 Å². The summed E-state index contributed by atoms with van der Waals surface area (Å²) >= 11 is 5.58. The van der Waals surface area contributed by atoms with Crippen LogP contribution >= 0.6 is 6.46 Å². The summed E-state index contributed by atoms with van der Waals surface area (Å²) in [6.45, 7) is 8.67. The van der Waals surface area contributed by atoms with Crippen LogP contribution in [0.3, 0.4) is 0 Å². The van der Waals surface area contributed by atoms with Gasteiger partial charge in [0, 0.05) is 51.7 Å². The second-order valence-electron chi connectivity index (χ2n) is 5.49. The molecule has 20 heavy (non-hydrogen) atoms. The predicted octanol–water partition coefficient (Wildman–Crippen LogP) is 4.15. The molecule has 109 valence electrons. The van der Waals surface area contributed by atoms with Gasteiger partial charge in [-0.2, -0.15) is 0 Å². The van der Waals surface area contributed by atoms with Gasteiger partial charge in [-0.3, -0.25) is 4.79 Å². The molecule has 1 radical (unpaired) electrons. The van der Waals surface area contributed by atoms with Crippen molar-refractivity contribution in [3.05, 3.63) is 29.3 Å². The number of rotatable bonds is 5. The normalized spacial score (nSPS) is 12.5. The Labute approximate surface area is 154 Å². The Morgan fingerprint density at radius 1 is 1.30 bits per heavy atom. The third kappa shape index (κ3) is 5.75. The number of amides is 1. The van der Waals surface area contributed by atoms with Crippen molar-refractivity contribution in [3.8, 4) is 0 Å². The van der Waals surface area contributed by atoms with E-state index in [9.17, 15) is 4.79 Å². The fourth-order valence-electron chi connectivity index (χ4n) is 2.22. The molecule has 0 aromatic heterocycles. The Bertz CT molecular complexity index is 439. The van der Waals surface area contributed by atoms with Gasteiger partial charge in [0.15, 0.2) is 0 Å². The summed E-state index contributed by atoms with van der Waals surface area (Å²) in [7, 11) is 0. The molecule has 1 aromatic carbocycles. The number of carbonyl (C=O) groups excluding carboxylic acids is 1. The molecular weight excluding hydrogens is 362 g/mol. The number of anilines is 1. The minimum Gasteiger partial charge on any atom is -0.556 e. The zero-order valence-corrected chi connectivity index (χ0v) is 17.6. The molecule has 0 aliphatic rings. The Hall–Kier alpha value is 0.574. The third-order valence-corrected chi connectivity index (χ3v) is 6.10. The fraction of sp³-hybridized carbons (Fsp3) is 0.533. The zero-order chi connectivity index (χ0) is 14.6. The van der Waals surface area contributed by atoms with Gasteiger partial charge in [-0.25, -0.2) is 0 Å². The molecule has 1 rings (SSSR count). The summed E-state index contributed by atoms with van der Waals surface area (Å²) in [6, 6.07) is 6.05. The maximum atomic E-state index is 12.5. The first kappa shape index (κ1) is 20.6. The standard InChI is InChI=1S/C15H24NOPS.Y/c1-6-8-13(18(4,5)19)15(17)16-14-11(2)9-7-10-12(14)3;/h7,9-10,13H,6,8H2,1-5H3,(H,16,17);. The van der Waals surface area contributed by atoms with E-state index in [0.717, 1.165) is 29.7 Å². The summed E-state index contributed by atoms with van der Waals surface area (Å²) < 4.78 is 0. The first-order chi connectivity index (χ1) is 8.77. The number of hydrogen-bond donors (Lipinski definition) is 1. The molecule has 2 nitrogen and oxygen atoms in total. The van der Waals surface area contributed by atoms with Crippen LogP contribution in [0.15, 0.2) is 18.2 Å². The second kappa shape index (κ2) is 8.88. The molecule has 0 heterocycles. The van der Waals surface area contributed by atoms with Crippen LogP contribution in [0.2, 0.25) is 0 Å². The van der Waals surface area contributed by atoms with Crippen LogP contribution in [0.1, 0.15) is 30.9 Å². The van der Waals surface area contributed by atoms with Gasteiger partial charge in [0.05, 0.1) is 0 Å². The zero-order valence-electron chi connectivity index (χ0n) is 13.1. The Morgan fingerprint density at radius 2 is 1.80 bits per heavy atom. The van der Waals surface area contributed by atoms with E-state index in [-0.39, 0.29) is 44.3 Å². The maximum absolute atomic E-state index is 12.5. The van der Waals surface area contributed by atoms with E-state index in [0.29, 0.717) is 0 Å². The minimum atomic E-state index is -1.59. The van der Waals surface area contributed by atoms with Crippen LogP contribution in [-0.4, -0.2) is 24.9 Å². The summed E-state index contributed by atoms with van der Waals surface area (Å²) in [6.07, 6.45) is 1.87. The van der Waals surface area contributed by atoms with Gasteiger partial charge >= 0.3 is 0 Å². The average molecular weight is 386 g/mol. The number of carbonyl (C=O) groups is 1. The molecule has 1 unspecified atom stereocenters. The van der Waals surface area contributed by atoms with Crippen LogP contribution in [0.5, 0.6) is 0 Å². The van der Waals surface area contributed by atoms with Crippen molar-refractivity contribution in [1.82, 2.24) is 0 Å². The Balaban J connectivity index is 0.00000361. The Kier molecular flexibility index (Phi) is 9.14. The summed E-state index contributed by atoms with van der Waals surface area (Å²) in [5.41, 5.74) is 3.12. The van der Waals surface area contributed by atoms with Crippen molar-refractivity contribution in [2.75, 3.05) is 18.6 Å². The molecule has 5 heteroatoms. The maximum Gasteiger partial charge on any atom is 0.263 e. The molecule has 0 spiro atoms. The topological polar surface area (TPSA) is 29.1 Å². The predicted molar refractivity (Wildman–Crippen MR) is 89.4 cm³/mol. The molecule has 1 N–H and O–H groups in total. The van der Waals surface area contributed by atoms with Gasteiger partial charge in [-0.15, -0.1) is 6.46 Å². The van der Waals surface area contributed by atoms with E-state index >= 15 is 0 Å². The molecule has 0 saturated heterocycles. The van der Waals surface area contributed by atoms with Crippen LogP contribution in [0, 0.1) is 13.8 Å². The molecule has 0 fully saturated rings.